The number of rotatable bonds is 27. The molecule has 0 spiro atoms. The fourth-order valence-electron chi connectivity index (χ4n) is 5.44. The van der Waals surface area contributed by atoms with Crippen LogP contribution in [0.5, 0.6) is 0 Å². The van der Waals surface area contributed by atoms with E-state index in [0.717, 1.165) is 0 Å². The van der Waals surface area contributed by atoms with Crippen LogP contribution in [0.3, 0.4) is 0 Å². The van der Waals surface area contributed by atoms with Gasteiger partial charge in [0.2, 0.25) is 0 Å². The minimum Gasteiger partial charge on any atom is -0.234 e. The van der Waals surface area contributed by atoms with Crippen LogP contribution in [0.1, 0.15) is 181 Å². The van der Waals surface area contributed by atoms with Gasteiger partial charge in [-0.05, 0) is 32.1 Å². The highest BCUT2D eigenvalue weighted by molar-refractivity contribution is 4.84. The second-order valence-electron chi connectivity index (χ2n) is 11.3. The van der Waals surface area contributed by atoms with Gasteiger partial charge in [-0.15, -0.1) is 0 Å². The number of aromatic nitrogens is 2. The molecular formula is C33H65N2+. The van der Waals surface area contributed by atoms with E-state index in [1.807, 2.05) is 0 Å². The van der Waals surface area contributed by atoms with Crippen molar-refractivity contribution in [3.8, 4) is 0 Å². The van der Waals surface area contributed by atoms with Gasteiger partial charge in [-0.3, -0.25) is 0 Å². The van der Waals surface area contributed by atoms with Gasteiger partial charge in [0.15, 0.2) is 0 Å². The van der Waals surface area contributed by atoms with Crippen LogP contribution in [0, 0.1) is 0 Å². The first kappa shape index (κ1) is 32.2. The molecule has 35 heavy (non-hydrogen) atoms. The second kappa shape index (κ2) is 24.9. The summed E-state index contributed by atoms with van der Waals surface area (Å²) in [6, 6.07) is 0. The standard InChI is InChI=1S/C33H65N2/c1-4-7-10-13-16-17-18-21-24-27-30-35-32-31-34(29-26-23-20-15-12-9-6-3)33(35)28-25-22-19-14-11-8-5-2/h31-32H,4-30H2,1-3H3/q+1. The number of nitrogens with zero attached hydrogens (tertiary/aromatic N) is 2. The summed E-state index contributed by atoms with van der Waals surface area (Å²) in [5.41, 5.74) is 0. The van der Waals surface area contributed by atoms with Crippen molar-refractivity contribution in [3.63, 3.8) is 0 Å². The Hall–Kier alpha value is -0.790. The Kier molecular flexibility index (Phi) is 22.9. The zero-order valence-corrected chi connectivity index (χ0v) is 24.6. The zero-order chi connectivity index (χ0) is 25.2. The van der Waals surface area contributed by atoms with Gasteiger partial charge in [-0.1, -0.05) is 143 Å². The summed E-state index contributed by atoms with van der Waals surface area (Å²) in [7, 11) is 0. The topological polar surface area (TPSA) is 8.81 Å². The first-order chi connectivity index (χ1) is 17.3. The Labute approximate surface area is 221 Å². The molecule has 1 aromatic heterocycles. The molecule has 0 aliphatic carbocycles. The molecule has 0 saturated heterocycles. The second-order valence-corrected chi connectivity index (χ2v) is 11.3. The van der Waals surface area contributed by atoms with Gasteiger partial charge in [-0.2, -0.15) is 0 Å². The van der Waals surface area contributed by atoms with Crippen LogP contribution in [-0.4, -0.2) is 4.57 Å². The Morgan fingerprint density at radius 1 is 0.486 bits per heavy atom. The normalized spacial score (nSPS) is 11.5. The smallest absolute Gasteiger partial charge is 0.234 e. The van der Waals surface area contributed by atoms with Gasteiger partial charge in [-0.25, -0.2) is 9.13 Å². The lowest BCUT2D eigenvalue weighted by molar-refractivity contribution is -0.704. The van der Waals surface area contributed by atoms with Crippen molar-refractivity contribution in [2.45, 2.75) is 194 Å². The average molecular weight is 490 g/mol. The maximum absolute atomic E-state index is 2.61. The van der Waals surface area contributed by atoms with Crippen molar-refractivity contribution in [2.24, 2.45) is 0 Å². The molecule has 206 valence electrons. The third-order valence-corrected chi connectivity index (χ3v) is 7.85. The van der Waals surface area contributed by atoms with Gasteiger partial charge < -0.3 is 0 Å². The fraction of sp³-hybridized carbons (Fsp3) is 0.909. The molecule has 1 aromatic rings. The highest BCUT2D eigenvalue weighted by Crippen LogP contribution is 2.14. The van der Waals surface area contributed by atoms with Crippen LogP contribution in [-0.2, 0) is 19.5 Å². The molecule has 0 radical (unpaired) electrons. The number of aryl methyl sites for hydroxylation is 2. The van der Waals surface area contributed by atoms with Crippen LogP contribution in [0.2, 0.25) is 0 Å². The molecule has 0 aliphatic heterocycles. The maximum Gasteiger partial charge on any atom is 0.256 e. The summed E-state index contributed by atoms with van der Waals surface area (Å²) < 4.78 is 5.22. The number of imidazole rings is 1. The van der Waals surface area contributed by atoms with Gasteiger partial charge >= 0.3 is 0 Å². The van der Waals surface area contributed by atoms with Crippen LogP contribution >= 0.6 is 0 Å². The molecule has 0 atom stereocenters. The van der Waals surface area contributed by atoms with Crippen molar-refractivity contribution < 1.29 is 4.57 Å². The summed E-state index contributed by atoms with van der Waals surface area (Å²) in [6.07, 6.45) is 39.9. The Morgan fingerprint density at radius 2 is 0.886 bits per heavy atom. The molecule has 0 aromatic carbocycles. The van der Waals surface area contributed by atoms with Crippen molar-refractivity contribution in [3.05, 3.63) is 18.2 Å². The van der Waals surface area contributed by atoms with Gasteiger partial charge in [0.05, 0.1) is 13.1 Å². The van der Waals surface area contributed by atoms with E-state index in [-0.39, 0.29) is 0 Å². The average Bonchev–Trinajstić information content (AvgIpc) is 3.25. The molecule has 0 amide bonds. The Balaban J connectivity index is 2.35. The minimum atomic E-state index is 1.23. The molecule has 2 heteroatoms. The lowest BCUT2D eigenvalue weighted by Gasteiger charge is -2.07. The molecule has 0 saturated carbocycles. The predicted octanol–water partition coefficient (Wildman–Crippen LogP) is 10.7. The van der Waals surface area contributed by atoms with Crippen LogP contribution in [0.15, 0.2) is 12.4 Å². The van der Waals surface area contributed by atoms with E-state index in [9.17, 15) is 0 Å². The van der Waals surface area contributed by atoms with E-state index in [4.69, 9.17) is 0 Å². The van der Waals surface area contributed by atoms with Gasteiger partial charge in [0, 0.05) is 6.42 Å². The van der Waals surface area contributed by atoms with E-state index in [1.165, 1.54) is 174 Å². The van der Waals surface area contributed by atoms with E-state index in [2.05, 4.69) is 42.3 Å². The number of hydrogen-bond acceptors (Lipinski definition) is 0. The first-order valence-electron chi connectivity index (χ1n) is 16.4. The molecule has 0 unspecified atom stereocenters. The Bertz CT molecular complexity index is 547. The van der Waals surface area contributed by atoms with Crippen molar-refractivity contribution in [1.82, 2.24) is 4.57 Å². The minimum absolute atomic E-state index is 1.23. The van der Waals surface area contributed by atoms with E-state index in [0.29, 0.717) is 0 Å². The highest BCUT2D eigenvalue weighted by Gasteiger charge is 2.16. The molecule has 1 heterocycles. The quantitative estimate of drug-likeness (QED) is 0.0858. The predicted molar refractivity (Wildman–Crippen MR) is 156 cm³/mol. The van der Waals surface area contributed by atoms with Gasteiger partial charge in [0.1, 0.15) is 12.4 Å². The molecule has 2 nitrogen and oxygen atoms in total. The summed E-state index contributed by atoms with van der Waals surface area (Å²) in [6.45, 7) is 9.38. The first-order valence-corrected chi connectivity index (χ1v) is 16.4. The van der Waals surface area contributed by atoms with Crippen LogP contribution in [0.25, 0.3) is 0 Å². The van der Waals surface area contributed by atoms with E-state index in [1.54, 1.807) is 5.82 Å². The summed E-state index contributed by atoms with van der Waals surface area (Å²) in [5, 5.41) is 0. The molecular weight excluding hydrogens is 424 g/mol. The summed E-state index contributed by atoms with van der Waals surface area (Å²) in [5.74, 6) is 1.61. The maximum atomic E-state index is 2.61. The third-order valence-electron chi connectivity index (χ3n) is 7.85. The van der Waals surface area contributed by atoms with Crippen molar-refractivity contribution in [1.29, 1.82) is 0 Å². The lowest BCUT2D eigenvalue weighted by Crippen LogP contribution is -2.37. The Morgan fingerprint density at radius 3 is 1.37 bits per heavy atom. The monoisotopic (exact) mass is 490 g/mol. The van der Waals surface area contributed by atoms with E-state index >= 15 is 0 Å². The summed E-state index contributed by atoms with van der Waals surface area (Å²) >= 11 is 0. The molecule has 0 N–H and O–H groups in total. The molecule has 0 fully saturated rings. The molecule has 1 rings (SSSR count). The number of unbranched alkanes of at least 4 members (excludes halogenated alkanes) is 21. The SMILES string of the molecule is CCCCCCCCCCCCn1cc[n+](CCCCCCCCC)c1CCCCCCCCC. The highest BCUT2D eigenvalue weighted by atomic mass is 15.1. The number of hydrogen-bond donors (Lipinski definition) is 0. The lowest BCUT2D eigenvalue weighted by atomic mass is 10.1. The third kappa shape index (κ3) is 18.2. The summed E-state index contributed by atoms with van der Waals surface area (Å²) in [4.78, 5) is 0. The van der Waals surface area contributed by atoms with Crippen molar-refractivity contribution in [2.75, 3.05) is 0 Å². The largest absolute Gasteiger partial charge is 0.256 e. The molecule has 0 bridgehead atoms. The zero-order valence-electron chi connectivity index (χ0n) is 24.6. The van der Waals surface area contributed by atoms with Crippen molar-refractivity contribution >= 4 is 0 Å². The van der Waals surface area contributed by atoms with Crippen LogP contribution < -0.4 is 4.57 Å². The van der Waals surface area contributed by atoms with Gasteiger partial charge in [0.25, 0.3) is 5.82 Å². The fourth-order valence-corrected chi connectivity index (χ4v) is 5.44. The molecule has 0 aliphatic rings. The van der Waals surface area contributed by atoms with Crippen LogP contribution in [0.4, 0.5) is 0 Å². The van der Waals surface area contributed by atoms with E-state index < -0.39 is 0 Å².